The zero-order valence-electron chi connectivity index (χ0n) is 11.0. The average Bonchev–Trinajstić information content (AvgIpc) is 2.46. The molecule has 0 aliphatic carbocycles. The number of anilines is 3. The highest BCUT2D eigenvalue weighted by Crippen LogP contribution is 2.29. The third-order valence-electron chi connectivity index (χ3n) is 3.24. The Balaban J connectivity index is 2.06. The van der Waals surface area contributed by atoms with Crippen molar-refractivity contribution in [3.8, 4) is 0 Å². The minimum atomic E-state index is -0.212. The molecule has 3 nitrogen and oxygen atoms in total. The molecule has 3 aromatic rings. The van der Waals surface area contributed by atoms with E-state index in [9.17, 15) is 4.39 Å². The Hall–Kier alpha value is -2.62. The van der Waals surface area contributed by atoms with Gasteiger partial charge in [-0.2, -0.15) is 0 Å². The van der Waals surface area contributed by atoms with Crippen molar-refractivity contribution < 1.29 is 4.39 Å². The molecule has 0 saturated carbocycles. The molecule has 0 atom stereocenters. The number of hydrogen-bond acceptors (Lipinski definition) is 3. The molecule has 3 N–H and O–H groups in total. The Bertz CT molecular complexity index is 784. The fourth-order valence-electron chi connectivity index (χ4n) is 2.17. The molecule has 0 amide bonds. The van der Waals surface area contributed by atoms with Crippen LogP contribution < -0.4 is 11.1 Å². The van der Waals surface area contributed by atoms with Gasteiger partial charge >= 0.3 is 0 Å². The number of hydrogen-bond donors (Lipinski definition) is 2. The SMILES string of the molecule is Cc1cc(Nc2ccc(N)c3cccnc23)ccc1F. The summed E-state index contributed by atoms with van der Waals surface area (Å²) >= 11 is 0. The van der Waals surface area contributed by atoms with Crippen LogP contribution in [0.25, 0.3) is 10.9 Å². The van der Waals surface area contributed by atoms with Gasteiger partial charge in [-0.05, 0) is 55.0 Å². The van der Waals surface area contributed by atoms with Crippen LogP contribution in [0.4, 0.5) is 21.5 Å². The van der Waals surface area contributed by atoms with E-state index < -0.39 is 0 Å². The van der Waals surface area contributed by atoms with Crippen LogP contribution in [0.3, 0.4) is 0 Å². The monoisotopic (exact) mass is 267 g/mol. The number of rotatable bonds is 2. The van der Waals surface area contributed by atoms with Gasteiger partial charge in [-0.1, -0.05) is 0 Å². The Kier molecular flexibility index (Phi) is 2.99. The van der Waals surface area contributed by atoms with Crippen LogP contribution in [0.15, 0.2) is 48.7 Å². The molecule has 1 heterocycles. The van der Waals surface area contributed by atoms with Crippen molar-refractivity contribution in [3.05, 3.63) is 60.0 Å². The summed E-state index contributed by atoms with van der Waals surface area (Å²) in [6.45, 7) is 1.74. The van der Waals surface area contributed by atoms with Gasteiger partial charge in [0.1, 0.15) is 5.82 Å². The minimum Gasteiger partial charge on any atom is -0.398 e. The van der Waals surface area contributed by atoms with E-state index in [1.807, 2.05) is 24.3 Å². The molecule has 0 saturated heterocycles. The van der Waals surface area contributed by atoms with Crippen LogP contribution in [-0.2, 0) is 0 Å². The third-order valence-corrected chi connectivity index (χ3v) is 3.24. The van der Waals surface area contributed by atoms with Gasteiger partial charge < -0.3 is 11.1 Å². The van der Waals surface area contributed by atoms with Crippen LogP contribution in [0.2, 0.25) is 0 Å². The van der Waals surface area contributed by atoms with E-state index in [1.54, 1.807) is 25.3 Å². The summed E-state index contributed by atoms with van der Waals surface area (Å²) in [5, 5.41) is 4.16. The van der Waals surface area contributed by atoms with Gasteiger partial charge in [0.15, 0.2) is 0 Å². The summed E-state index contributed by atoms with van der Waals surface area (Å²) in [6, 6.07) is 12.4. The quantitative estimate of drug-likeness (QED) is 0.690. The van der Waals surface area contributed by atoms with Gasteiger partial charge in [0, 0.05) is 23.0 Å². The first-order chi connectivity index (χ1) is 9.65. The number of halogens is 1. The summed E-state index contributed by atoms with van der Waals surface area (Å²) in [5.41, 5.74) is 9.70. The molecule has 2 aromatic carbocycles. The van der Waals surface area contributed by atoms with Crippen molar-refractivity contribution >= 4 is 28.0 Å². The highest BCUT2D eigenvalue weighted by molar-refractivity contribution is 5.99. The van der Waals surface area contributed by atoms with E-state index in [2.05, 4.69) is 10.3 Å². The molecule has 1 aromatic heterocycles. The Morgan fingerprint density at radius 1 is 1.15 bits per heavy atom. The van der Waals surface area contributed by atoms with E-state index in [0.717, 1.165) is 22.3 Å². The first kappa shape index (κ1) is 12.4. The lowest BCUT2D eigenvalue weighted by atomic mass is 10.1. The number of aryl methyl sites for hydroxylation is 1. The molecular formula is C16H14FN3. The molecular weight excluding hydrogens is 253 g/mol. The summed E-state index contributed by atoms with van der Waals surface area (Å²) < 4.78 is 13.3. The number of fused-ring (bicyclic) bond motifs is 1. The van der Waals surface area contributed by atoms with Crippen molar-refractivity contribution in [1.82, 2.24) is 4.98 Å². The second kappa shape index (κ2) is 4.81. The van der Waals surface area contributed by atoms with E-state index in [0.29, 0.717) is 11.3 Å². The van der Waals surface area contributed by atoms with Crippen LogP contribution in [0.1, 0.15) is 5.56 Å². The predicted molar refractivity (Wildman–Crippen MR) is 80.6 cm³/mol. The topological polar surface area (TPSA) is 50.9 Å². The molecule has 0 bridgehead atoms. The first-order valence-corrected chi connectivity index (χ1v) is 6.31. The summed E-state index contributed by atoms with van der Waals surface area (Å²) in [5.74, 6) is -0.212. The number of aromatic nitrogens is 1. The van der Waals surface area contributed by atoms with Crippen molar-refractivity contribution in [2.75, 3.05) is 11.1 Å². The van der Waals surface area contributed by atoms with Gasteiger partial charge in [-0.25, -0.2) is 4.39 Å². The van der Waals surface area contributed by atoms with Crippen LogP contribution in [0, 0.1) is 12.7 Å². The molecule has 3 rings (SSSR count). The Morgan fingerprint density at radius 3 is 2.80 bits per heavy atom. The van der Waals surface area contributed by atoms with Crippen LogP contribution in [-0.4, -0.2) is 4.98 Å². The minimum absolute atomic E-state index is 0.212. The highest BCUT2D eigenvalue weighted by atomic mass is 19.1. The Morgan fingerprint density at radius 2 is 2.00 bits per heavy atom. The van der Waals surface area contributed by atoms with E-state index >= 15 is 0 Å². The fraction of sp³-hybridized carbons (Fsp3) is 0.0625. The zero-order valence-corrected chi connectivity index (χ0v) is 11.0. The summed E-state index contributed by atoms with van der Waals surface area (Å²) in [4.78, 5) is 4.36. The molecule has 0 aliphatic rings. The fourth-order valence-corrected chi connectivity index (χ4v) is 2.17. The largest absolute Gasteiger partial charge is 0.398 e. The number of benzene rings is 2. The Labute approximate surface area is 116 Å². The van der Waals surface area contributed by atoms with Gasteiger partial charge in [0.25, 0.3) is 0 Å². The van der Waals surface area contributed by atoms with E-state index in [4.69, 9.17) is 5.73 Å². The molecule has 100 valence electrons. The maximum absolute atomic E-state index is 13.3. The molecule has 0 unspecified atom stereocenters. The van der Waals surface area contributed by atoms with E-state index in [1.165, 1.54) is 6.07 Å². The number of nitrogen functional groups attached to an aromatic ring is 1. The standard InChI is InChI=1S/C16H14FN3/c1-10-9-11(4-5-13(10)17)20-15-7-6-14(18)12-3-2-8-19-16(12)15/h2-9,20H,18H2,1H3. The second-order valence-electron chi connectivity index (χ2n) is 4.69. The summed E-state index contributed by atoms with van der Waals surface area (Å²) in [7, 11) is 0. The van der Waals surface area contributed by atoms with Crippen molar-refractivity contribution in [1.29, 1.82) is 0 Å². The van der Waals surface area contributed by atoms with Crippen molar-refractivity contribution in [2.45, 2.75) is 6.92 Å². The summed E-state index contributed by atoms with van der Waals surface area (Å²) in [6.07, 6.45) is 1.73. The number of nitrogens with one attached hydrogen (secondary N) is 1. The second-order valence-corrected chi connectivity index (χ2v) is 4.69. The zero-order chi connectivity index (χ0) is 14.1. The van der Waals surface area contributed by atoms with Crippen molar-refractivity contribution in [2.24, 2.45) is 0 Å². The van der Waals surface area contributed by atoms with Crippen molar-refractivity contribution in [3.63, 3.8) is 0 Å². The maximum atomic E-state index is 13.3. The molecule has 20 heavy (non-hydrogen) atoms. The number of nitrogens with zero attached hydrogens (tertiary/aromatic N) is 1. The highest BCUT2D eigenvalue weighted by Gasteiger charge is 2.06. The van der Waals surface area contributed by atoms with Crippen LogP contribution >= 0.6 is 0 Å². The molecule has 0 radical (unpaired) electrons. The third kappa shape index (κ3) is 2.16. The molecule has 0 fully saturated rings. The molecule has 0 aliphatic heterocycles. The van der Waals surface area contributed by atoms with Gasteiger partial charge in [0.05, 0.1) is 11.2 Å². The van der Waals surface area contributed by atoms with Gasteiger partial charge in [0.2, 0.25) is 0 Å². The number of pyridine rings is 1. The lowest BCUT2D eigenvalue weighted by molar-refractivity contribution is 0.619. The molecule has 0 spiro atoms. The predicted octanol–water partition coefficient (Wildman–Crippen LogP) is 4.01. The normalized spacial score (nSPS) is 10.7. The van der Waals surface area contributed by atoms with Gasteiger partial charge in [-0.3, -0.25) is 4.98 Å². The smallest absolute Gasteiger partial charge is 0.126 e. The van der Waals surface area contributed by atoms with Gasteiger partial charge in [-0.15, -0.1) is 0 Å². The first-order valence-electron chi connectivity index (χ1n) is 6.31. The van der Waals surface area contributed by atoms with Crippen LogP contribution in [0.5, 0.6) is 0 Å². The molecule has 4 heteroatoms. The van der Waals surface area contributed by atoms with E-state index in [-0.39, 0.29) is 5.82 Å². The lowest BCUT2D eigenvalue weighted by Crippen LogP contribution is -1.96. The maximum Gasteiger partial charge on any atom is 0.126 e. The lowest BCUT2D eigenvalue weighted by Gasteiger charge is -2.11. The average molecular weight is 267 g/mol. The number of nitrogens with two attached hydrogens (primary N) is 1.